The molecule has 7 nitrogen and oxygen atoms in total. The van der Waals surface area contributed by atoms with Crippen LogP contribution in [0.25, 0.3) is 11.4 Å². The number of hydrogen-bond donors (Lipinski definition) is 0. The second kappa shape index (κ2) is 8.19. The monoisotopic (exact) mass is 433 g/mol. The molecule has 0 unspecified atom stereocenters. The van der Waals surface area contributed by atoms with E-state index in [1.807, 2.05) is 44.2 Å². The number of pyridine rings is 1. The Balaban J connectivity index is 1.34. The molecule has 4 heterocycles. The summed E-state index contributed by atoms with van der Waals surface area (Å²) in [6.45, 7) is 4.63. The third-order valence-electron chi connectivity index (χ3n) is 5.62. The predicted octanol–water partition coefficient (Wildman–Crippen LogP) is 4.71. The average Bonchev–Trinajstić information content (AvgIpc) is 3.20. The highest BCUT2D eigenvalue weighted by Gasteiger charge is 2.30. The van der Waals surface area contributed by atoms with Gasteiger partial charge in [0.2, 0.25) is 0 Å². The maximum atomic E-state index is 13.1. The van der Waals surface area contributed by atoms with Crippen molar-refractivity contribution in [1.82, 2.24) is 24.3 Å². The molecule has 0 amide bonds. The lowest BCUT2D eigenvalue weighted by Crippen LogP contribution is -2.08. The molecule has 0 spiro atoms. The number of carbonyl (C=O) groups is 1. The Morgan fingerprint density at radius 3 is 2.71 bits per heavy atom. The van der Waals surface area contributed by atoms with Crippen LogP contribution in [0.2, 0.25) is 0 Å². The predicted molar refractivity (Wildman–Crippen MR) is 118 cm³/mol. The largest absolute Gasteiger partial charge is 0.467 e. The SMILES string of the molecule is Cc1cc(C(=O)CSc2nnc(-c3ccncc3)n2C2CC2)c(C)n1Cc1ccco1. The Labute approximate surface area is 184 Å². The third-order valence-corrected chi connectivity index (χ3v) is 6.56. The van der Waals surface area contributed by atoms with Gasteiger partial charge in [-0.05, 0) is 57.0 Å². The molecular formula is C23H23N5O2S. The first-order valence-electron chi connectivity index (χ1n) is 10.3. The minimum absolute atomic E-state index is 0.0969. The molecule has 1 aliphatic carbocycles. The van der Waals surface area contributed by atoms with Gasteiger partial charge in [-0.3, -0.25) is 14.3 Å². The molecule has 0 aliphatic heterocycles. The van der Waals surface area contributed by atoms with Crippen molar-refractivity contribution >= 4 is 17.5 Å². The summed E-state index contributed by atoms with van der Waals surface area (Å²) >= 11 is 1.46. The number of carbonyl (C=O) groups excluding carboxylic acids is 1. The zero-order valence-electron chi connectivity index (χ0n) is 17.5. The van der Waals surface area contributed by atoms with E-state index >= 15 is 0 Å². The van der Waals surface area contributed by atoms with Gasteiger partial charge in [0.15, 0.2) is 16.8 Å². The van der Waals surface area contributed by atoms with Crippen molar-refractivity contribution in [3.63, 3.8) is 0 Å². The van der Waals surface area contributed by atoms with Crippen molar-refractivity contribution in [3.05, 3.63) is 71.7 Å². The van der Waals surface area contributed by atoms with Gasteiger partial charge in [0, 0.05) is 41.0 Å². The number of thioether (sulfide) groups is 1. The van der Waals surface area contributed by atoms with Crippen molar-refractivity contribution in [2.75, 3.05) is 5.75 Å². The number of aromatic nitrogens is 5. The maximum absolute atomic E-state index is 13.1. The van der Waals surface area contributed by atoms with Gasteiger partial charge in [0.05, 0.1) is 18.6 Å². The Kier molecular flexibility index (Phi) is 5.23. The molecule has 0 aromatic carbocycles. The van der Waals surface area contributed by atoms with Gasteiger partial charge in [-0.15, -0.1) is 10.2 Å². The van der Waals surface area contributed by atoms with Gasteiger partial charge in [0.1, 0.15) is 5.76 Å². The number of aryl methyl sites for hydroxylation is 1. The molecule has 31 heavy (non-hydrogen) atoms. The summed E-state index contributed by atoms with van der Waals surface area (Å²) < 4.78 is 9.76. The molecule has 1 saturated carbocycles. The minimum Gasteiger partial charge on any atom is -0.467 e. The Hall–Kier alpha value is -3.13. The van der Waals surface area contributed by atoms with Crippen molar-refractivity contribution < 1.29 is 9.21 Å². The molecule has 1 fully saturated rings. The van der Waals surface area contributed by atoms with Crippen LogP contribution in [0, 0.1) is 13.8 Å². The fraction of sp³-hybridized carbons (Fsp3) is 0.304. The first kappa shape index (κ1) is 19.8. The number of ketones is 1. The van der Waals surface area contributed by atoms with Crippen molar-refractivity contribution in [2.24, 2.45) is 0 Å². The van der Waals surface area contributed by atoms with Crippen LogP contribution in [0.1, 0.15) is 46.4 Å². The molecule has 8 heteroatoms. The van der Waals surface area contributed by atoms with E-state index in [1.165, 1.54) is 11.8 Å². The summed E-state index contributed by atoms with van der Waals surface area (Å²) in [4.78, 5) is 17.1. The van der Waals surface area contributed by atoms with Crippen LogP contribution >= 0.6 is 11.8 Å². The average molecular weight is 434 g/mol. The van der Waals surface area contributed by atoms with E-state index in [-0.39, 0.29) is 5.78 Å². The second-order valence-electron chi connectivity index (χ2n) is 7.81. The minimum atomic E-state index is 0.0969. The van der Waals surface area contributed by atoms with E-state index in [2.05, 4.69) is 24.3 Å². The van der Waals surface area contributed by atoms with Gasteiger partial charge in [-0.2, -0.15) is 0 Å². The highest BCUT2D eigenvalue weighted by molar-refractivity contribution is 7.99. The van der Waals surface area contributed by atoms with Crippen molar-refractivity contribution in [3.8, 4) is 11.4 Å². The lowest BCUT2D eigenvalue weighted by molar-refractivity contribution is 0.102. The van der Waals surface area contributed by atoms with E-state index in [9.17, 15) is 4.79 Å². The number of Topliss-reactive ketones (excluding diaryl/α,β-unsaturated/α-hetero) is 1. The molecule has 158 valence electrons. The molecule has 4 aromatic rings. The van der Waals surface area contributed by atoms with Crippen LogP contribution in [0.4, 0.5) is 0 Å². The van der Waals surface area contributed by atoms with Gasteiger partial charge in [0.25, 0.3) is 0 Å². The molecular weight excluding hydrogens is 410 g/mol. The maximum Gasteiger partial charge on any atom is 0.192 e. The number of hydrogen-bond acceptors (Lipinski definition) is 6. The first-order chi connectivity index (χ1) is 15.1. The van der Waals surface area contributed by atoms with Crippen LogP contribution in [0.15, 0.2) is 58.6 Å². The van der Waals surface area contributed by atoms with E-state index in [4.69, 9.17) is 4.42 Å². The molecule has 0 radical (unpaired) electrons. The highest BCUT2D eigenvalue weighted by Crippen LogP contribution is 2.41. The molecule has 0 saturated heterocycles. The molecule has 4 aromatic heterocycles. The van der Waals surface area contributed by atoms with Crippen LogP contribution in [0.5, 0.6) is 0 Å². The first-order valence-corrected chi connectivity index (χ1v) is 11.3. The smallest absolute Gasteiger partial charge is 0.192 e. The standard InChI is InChI=1S/C23H23N5O2S/c1-15-12-20(16(2)27(15)13-19-4-3-11-30-19)21(29)14-31-23-26-25-22(28(23)18-5-6-18)17-7-9-24-10-8-17/h3-4,7-12,18H,5-6,13-14H2,1-2H3. The zero-order valence-corrected chi connectivity index (χ0v) is 18.3. The molecule has 0 bridgehead atoms. The van der Waals surface area contributed by atoms with Crippen LogP contribution in [0.3, 0.4) is 0 Å². The highest BCUT2D eigenvalue weighted by atomic mass is 32.2. The normalized spacial score (nSPS) is 13.6. The molecule has 1 aliphatic rings. The Bertz CT molecular complexity index is 1210. The van der Waals surface area contributed by atoms with E-state index in [0.717, 1.165) is 52.1 Å². The van der Waals surface area contributed by atoms with Crippen molar-refractivity contribution in [1.29, 1.82) is 0 Å². The lowest BCUT2D eigenvalue weighted by Gasteiger charge is -2.09. The number of furan rings is 1. The van der Waals surface area contributed by atoms with Crippen LogP contribution in [-0.4, -0.2) is 35.9 Å². The summed E-state index contributed by atoms with van der Waals surface area (Å²) in [5.74, 6) is 2.14. The third kappa shape index (κ3) is 3.95. The summed E-state index contributed by atoms with van der Waals surface area (Å²) in [7, 11) is 0. The Morgan fingerprint density at radius 1 is 1.19 bits per heavy atom. The molecule has 5 rings (SSSR count). The van der Waals surface area contributed by atoms with Gasteiger partial charge in [-0.1, -0.05) is 11.8 Å². The number of rotatable bonds is 8. The van der Waals surface area contributed by atoms with E-state index in [0.29, 0.717) is 18.3 Å². The second-order valence-corrected chi connectivity index (χ2v) is 8.75. The Morgan fingerprint density at radius 2 is 2.00 bits per heavy atom. The summed E-state index contributed by atoms with van der Waals surface area (Å²) in [5.41, 5.74) is 3.75. The fourth-order valence-electron chi connectivity index (χ4n) is 3.83. The van der Waals surface area contributed by atoms with Gasteiger partial charge in [-0.25, -0.2) is 0 Å². The topological polar surface area (TPSA) is 78.7 Å². The van der Waals surface area contributed by atoms with Crippen LogP contribution < -0.4 is 0 Å². The zero-order chi connectivity index (χ0) is 21.4. The van der Waals surface area contributed by atoms with Crippen molar-refractivity contribution in [2.45, 2.75) is 44.4 Å². The van der Waals surface area contributed by atoms with Gasteiger partial charge >= 0.3 is 0 Å². The summed E-state index contributed by atoms with van der Waals surface area (Å²) in [6.07, 6.45) is 7.42. The molecule has 0 atom stereocenters. The number of nitrogens with zero attached hydrogens (tertiary/aromatic N) is 5. The quantitative estimate of drug-likeness (QED) is 0.296. The lowest BCUT2D eigenvalue weighted by atomic mass is 10.2. The van der Waals surface area contributed by atoms with Crippen LogP contribution in [-0.2, 0) is 6.54 Å². The fourth-order valence-corrected chi connectivity index (χ4v) is 4.72. The van der Waals surface area contributed by atoms with E-state index < -0.39 is 0 Å². The summed E-state index contributed by atoms with van der Waals surface area (Å²) in [6, 6.07) is 10.1. The summed E-state index contributed by atoms with van der Waals surface area (Å²) in [5, 5.41) is 9.61. The molecule has 0 N–H and O–H groups in total. The van der Waals surface area contributed by atoms with Gasteiger partial charge < -0.3 is 8.98 Å². The van der Waals surface area contributed by atoms with E-state index in [1.54, 1.807) is 18.7 Å².